The van der Waals surface area contributed by atoms with Gasteiger partial charge < -0.3 is 21.3 Å². The Balaban J connectivity index is 1.49. The van der Waals surface area contributed by atoms with E-state index in [0.29, 0.717) is 23.0 Å². The molecule has 1 saturated heterocycles. The van der Waals surface area contributed by atoms with E-state index in [1.165, 1.54) is 0 Å². The second-order valence-electron chi connectivity index (χ2n) is 7.66. The molecule has 0 radical (unpaired) electrons. The summed E-state index contributed by atoms with van der Waals surface area (Å²) in [4.78, 5) is 15.3. The number of nitrogens with zero attached hydrogens (tertiary/aromatic N) is 1. The summed E-state index contributed by atoms with van der Waals surface area (Å²) in [6.07, 6.45) is 1.15. The highest BCUT2D eigenvalue weighted by atomic mass is 16.1. The lowest BCUT2D eigenvalue weighted by molar-refractivity contribution is 0.102. The third-order valence-corrected chi connectivity index (χ3v) is 5.55. The fourth-order valence-electron chi connectivity index (χ4n) is 4.00. The molecule has 0 unspecified atom stereocenters. The molecule has 0 aromatic heterocycles. The molecule has 1 atom stereocenters. The minimum atomic E-state index is -0.142. The molecular weight excluding hydrogens is 372 g/mol. The summed E-state index contributed by atoms with van der Waals surface area (Å²) in [6.45, 7) is 5.17. The number of nitrogen functional groups attached to an aromatic ring is 1. The summed E-state index contributed by atoms with van der Waals surface area (Å²) in [5.74, 6) is -0.142. The first-order valence-corrected chi connectivity index (χ1v) is 10.5. The minimum absolute atomic E-state index is 0.142. The Bertz CT molecular complexity index is 1000. The van der Waals surface area contributed by atoms with E-state index in [-0.39, 0.29) is 5.91 Å². The van der Waals surface area contributed by atoms with Crippen molar-refractivity contribution in [3.63, 3.8) is 0 Å². The second-order valence-corrected chi connectivity index (χ2v) is 7.66. The fraction of sp³-hybridized carbons (Fsp3) is 0.240. The molecule has 4 rings (SSSR count). The van der Waals surface area contributed by atoms with Gasteiger partial charge in [0.25, 0.3) is 5.91 Å². The molecule has 30 heavy (non-hydrogen) atoms. The Labute approximate surface area is 177 Å². The van der Waals surface area contributed by atoms with Crippen molar-refractivity contribution in [3.05, 3.63) is 78.4 Å². The normalized spacial score (nSPS) is 15.9. The van der Waals surface area contributed by atoms with Crippen LogP contribution in [-0.4, -0.2) is 31.6 Å². The lowest BCUT2D eigenvalue weighted by Gasteiger charge is -2.19. The first kappa shape index (κ1) is 20.0. The number of hydrogen-bond acceptors (Lipinski definition) is 4. The van der Waals surface area contributed by atoms with Crippen molar-refractivity contribution in [2.45, 2.75) is 19.4 Å². The van der Waals surface area contributed by atoms with Crippen molar-refractivity contribution in [1.82, 2.24) is 5.32 Å². The van der Waals surface area contributed by atoms with Crippen LogP contribution >= 0.6 is 0 Å². The molecule has 0 saturated carbocycles. The van der Waals surface area contributed by atoms with Crippen molar-refractivity contribution in [3.8, 4) is 11.1 Å². The summed E-state index contributed by atoms with van der Waals surface area (Å²) >= 11 is 0. The average Bonchev–Trinajstić information content (AvgIpc) is 3.23. The van der Waals surface area contributed by atoms with Crippen LogP contribution in [0.4, 0.5) is 17.1 Å². The third kappa shape index (κ3) is 4.47. The Morgan fingerprint density at radius 2 is 1.83 bits per heavy atom. The van der Waals surface area contributed by atoms with Gasteiger partial charge in [0, 0.05) is 41.6 Å². The molecule has 3 aromatic carbocycles. The molecule has 4 N–H and O–H groups in total. The summed E-state index contributed by atoms with van der Waals surface area (Å²) in [5.41, 5.74) is 11.1. The van der Waals surface area contributed by atoms with Gasteiger partial charge in [-0.05, 0) is 54.9 Å². The van der Waals surface area contributed by atoms with Gasteiger partial charge in [-0.3, -0.25) is 4.79 Å². The number of carbonyl (C=O) groups is 1. The number of amides is 1. The van der Waals surface area contributed by atoms with Gasteiger partial charge in [-0.1, -0.05) is 43.3 Å². The number of hydrogen-bond donors (Lipinski definition) is 3. The maximum absolute atomic E-state index is 12.9. The molecule has 0 spiro atoms. The number of carbonyl (C=O) groups excluding carboxylic acids is 1. The van der Waals surface area contributed by atoms with Crippen molar-refractivity contribution < 1.29 is 4.79 Å². The molecule has 154 valence electrons. The smallest absolute Gasteiger partial charge is 0.255 e. The highest BCUT2D eigenvalue weighted by Crippen LogP contribution is 2.30. The third-order valence-electron chi connectivity index (χ3n) is 5.55. The lowest BCUT2D eigenvalue weighted by Crippen LogP contribution is -2.32. The first-order chi connectivity index (χ1) is 14.6. The zero-order valence-corrected chi connectivity index (χ0v) is 17.3. The molecule has 5 heteroatoms. The van der Waals surface area contributed by atoms with E-state index in [0.717, 1.165) is 42.9 Å². The zero-order valence-electron chi connectivity index (χ0n) is 17.3. The molecule has 5 nitrogen and oxygen atoms in total. The van der Waals surface area contributed by atoms with Crippen LogP contribution in [0.5, 0.6) is 0 Å². The minimum Gasteiger partial charge on any atom is -0.399 e. The van der Waals surface area contributed by atoms with Gasteiger partial charge in [0.15, 0.2) is 0 Å². The second kappa shape index (κ2) is 9.01. The van der Waals surface area contributed by atoms with E-state index in [9.17, 15) is 4.79 Å². The molecule has 1 heterocycles. The quantitative estimate of drug-likeness (QED) is 0.537. The van der Waals surface area contributed by atoms with Gasteiger partial charge >= 0.3 is 0 Å². The van der Waals surface area contributed by atoms with Crippen LogP contribution in [-0.2, 0) is 0 Å². The van der Waals surface area contributed by atoms with Crippen LogP contribution in [0.2, 0.25) is 0 Å². The number of anilines is 3. The number of nitrogens with two attached hydrogens (primary N) is 1. The maximum atomic E-state index is 12.9. The molecule has 3 aromatic rings. The van der Waals surface area contributed by atoms with Gasteiger partial charge in [-0.25, -0.2) is 0 Å². The molecule has 1 aliphatic heterocycles. The number of benzene rings is 3. The number of rotatable bonds is 6. The lowest BCUT2D eigenvalue weighted by atomic mass is 10.0. The molecular formula is C25H28N4O. The van der Waals surface area contributed by atoms with Crippen LogP contribution in [0.1, 0.15) is 23.7 Å². The van der Waals surface area contributed by atoms with Crippen LogP contribution in [0, 0.1) is 0 Å². The first-order valence-electron chi connectivity index (χ1n) is 10.5. The van der Waals surface area contributed by atoms with E-state index < -0.39 is 0 Å². The van der Waals surface area contributed by atoms with Gasteiger partial charge in [0.2, 0.25) is 0 Å². The van der Waals surface area contributed by atoms with Gasteiger partial charge in [0.05, 0.1) is 5.69 Å². The topological polar surface area (TPSA) is 70.4 Å². The largest absolute Gasteiger partial charge is 0.399 e. The standard InChI is InChI=1S/C25H28N4O/c1-2-27-21-14-15-29(17-21)22-11-8-19(9-12-22)25(30)28-24-16-20(26)10-13-23(24)18-6-4-3-5-7-18/h3-13,16,21,27H,2,14-15,17,26H2,1H3,(H,28,30)/t21-/m1/s1. The van der Waals surface area contributed by atoms with Gasteiger partial charge in [0.1, 0.15) is 0 Å². The van der Waals surface area contributed by atoms with E-state index in [2.05, 4.69) is 22.5 Å². The average molecular weight is 401 g/mol. The van der Waals surface area contributed by atoms with E-state index in [1.54, 1.807) is 6.07 Å². The van der Waals surface area contributed by atoms with E-state index in [1.807, 2.05) is 66.7 Å². The maximum Gasteiger partial charge on any atom is 0.255 e. The van der Waals surface area contributed by atoms with Gasteiger partial charge in [-0.15, -0.1) is 0 Å². The summed E-state index contributed by atoms with van der Waals surface area (Å²) in [7, 11) is 0. The monoisotopic (exact) mass is 400 g/mol. The molecule has 1 aliphatic rings. The Kier molecular flexibility index (Phi) is 6.00. The molecule has 0 aliphatic carbocycles. The van der Waals surface area contributed by atoms with Crippen molar-refractivity contribution in [2.24, 2.45) is 0 Å². The van der Waals surface area contributed by atoms with Gasteiger partial charge in [-0.2, -0.15) is 0 Å². The number of nitrogens with one attached hydrogen (secondary N) is 2. The van der Waals surface area contributed by atoms with Crippen molar-refractivity contribution in [1.29, 1.82) is 0 Å². The van der Waals surface area contributed by atoms with E-state index >= 15 is 0 Å². The van der Waals surface area contributed by atoms with Crippen LogP contribution in [0.25, 0.3) is 11.1 Å². The molecule has 0 bridgehead atoms. The van der Waals surface area contributed by atoms with E-state index in [4.69, 9.17) is 5.73 Å². The summed E-state index contributed by atoms with van der Waals surface area (Å²) in [6, 6.07) is 23.9. The summed E-state index contributed by atoms with van der Waals surface area (Å²) in [5, 5.41) is 6.54. The van der Waals surface area contributed by atoms with Crippen LogP contribution in [0.3, 0.4) is 0 Å². The van der Waals surface area contributed by atoms with Crippen LogP contribution in [0.15, 0.2) is 72.8 Å². The van der Waals surface area contributed by atoms with Crippen LogP contribution < -0.4 is 21.3 Å². The Morgan fingerprint density at radius 3 is 2.57 bits per heavy atom. The summed E-state index contributed by atoms with van der Waals surface area (Å²) < 4.78 is 0. The SMILES string of the molecule is CCN[C@@H]1CCN(c2ccc(C(=O)Nc3cc(N)ccc3-c3ccccc3)cc2)C1. The molecule has 1 amide bonds. The number of likely N-dealkylation sites (N-methyl/N-ethyl adjacent to an activating group) is 1. The predicted molar refractivity (Wildman–Crippen MR) is 125 cm³/mol. The Hall–Kier alpha value is -3.31. The Morgan fingerprint density at radius 1 is 1.07 bits per heavy atom. The highest BCUT2D eigenvalue weighted by Gasteiger charge is 2.22. The zero-order chi connectivity index (χ0) is 20.9. The predicted octanol–water partition coefficient (Wildman–Crippen LogP) is 4.38. The highest BCUT2D eigenvalue weighted by molar-refractivity contribution is 6.06. The van der Waals surface area contributed by atoms with Crippen molar-refractivity contribution >= 4 is 23.0 Å². The molecule has 1 fully saturated rings. The fourth-order valence-corrected chi connectivity index (χ4v) is 4.00. The van der Waals surface area contributed by atoms with Crippen molar-refractivity contribution in [2.75, 3.05) is 35.6 Å².